The normalized spacial score (nSPS) is 20.1. The minimum atomic E-state index is -0.0483. The summed E-state index contributed by atoms with van der Waals surface area (Å²) >= 11 is 7.69. The maximum atomic E-state index is 12.0. The largest absolute Gasteiger partial charge is 0.350 e. The first-order valence-corrected chi connectivity index (χ1v) is 7.29. The third-order valence-corrected chi connectivity index (χ3v) is 4.24. The fraction of sp³-hybridized carbons (Fsp3) is 0.462. The first-order chi connectivity index (χ1) is 8.58. The third-order valence-electron chi connectivity index (χ3n) is 3.37. The van der Waals surface area contributed by atoms with Crippen molar-refractivity contribution in [3.8, 4) is 0 Å². The number of halogens is 1. The van der Waals surface area contributed by atoms with Gasteiger partial charge in [-0.1, -0.05) is 15.9 Å². The van der Waals surface area contributed by atoms with Gasteiger partial charge in [-0.25, -0.2) is 0 Å². The summed E-state index contributed by atoms with van der Waals surface area (Å²) in [6, 6.07) is 5.95. The van der Waals surface area contributed by atoms with Crippen LogP contribution in [0.4, 0.5) is 0 Å². The Labute approximate surface area is 121 Å². The molecule has 1 aliphatic heterocycles. The van der Waals surface area contributed by atoms with Gasteiger partial charge in [-0.3, -0.25) is 4.79 Å². The second kappa shape index (κ2) is 6.08. The van der Waals surface area contributed by atoms with E-state index in [2.05, 4.69) is 45.8 Å². The van der Waals surface area contributed by atoms with Crippen LogP contribution >= 0.6 is 28.6 Å². The number of carbonyl (C=O) groups is 1. The van der Waals surface area contributed by atoms with Crippen LogP contribution in [0.3, 0.4) is 0 Å². The monoisotopic (exact) mass is 328 g/mol. The van der Waals surface area contributed by atoms with Crippen LogP contribution < -0.4 is 5.32 Å². The highest BCUT2D eigenvalue weighted by atomic mass is 79.9. The lowest BCUT2D eigenvalue weighted by Gasteiger charge is -2.19. The Kier molecular flexibility index (Phi) is 4.70. The summed E-state index contributed by atoms with van der Waals surface area (Å²) in [5.74, 6) is -0.0483. The van der Waals surface area contributed by atoms with Crippen molar-refractivity contribution < 1.29 is 4.79 Å². The van der Waals surface area contributed by atoms with E-state index in [9.17, 15) is 4.79 Å². The van der Waals surface area contributed by atoms with Crippen LogP contribution in [0.5, 0.6) is 0 Å². The minimum Gasteiger partial charge on any atom is -0.350 e. The van der Waals surface area contributed by atoms with Gasteiger partial charge in [0, 0.05) is 22.0 Å². The number of nitrogens with one attached hydrogen (secondary N) is 1. The lowest BCUT2D eigenvalue weighted by Crippen LogP contribution is -2.38. The SMILES string of the molecule is CN1CCCC1CNC(=O)c1ccc(Br)cc1S. The lowest BCUT2D eigenvalue weighted by molar-refractivity contribution is 0.0941. The van der Waals surface area contributed by atoms with Gasteiger partial charge in [0.25, 0.3) is 5.91 Å². The van der Waals surface area contributed by atoms with Crippen LogP contribution in [0.15, 0.2) is 27.6 Å². The van der Waals surface area contributed by atoms with Crippen molar-refractivity contribution in [2.24, 2.45) is 0 Å². The molecule has 1 atom stereocenters. The summed E-state index contributed by atoms with van der Waals surface area (Å²) in [7, 11) is 2.10. The predicted octanol–water partition coefficient (Wildman–Crippen LogP) is 2.56. The highest BCUT2D eigenvalue weighted by molar-refractivity contribution is 9.10. The van der Waals surface area contributed by atoms with Crippen LogP contribution in [0.1, 0.15) is 23.2 Å². The Morgan fingerprint density at radius 3 is 3.00 bits per heavy atom. The molecule has 1 aromatic carbocycles. The van der Waals surface area contributed by atoms with E-state index in [4.69, 9.17) is 0 Å². The number of hydrogen-bond acceptors (Lipinski definition) is 3. The number of likely N-dealkylation sites (tertiary alicyclic amines) is 1. The Bertz CT molecular complexity index is 453. The topological polar surface area (TPSA) is 32.3 Å². The fourth-order valence-electron chi connectivity index (χ4n) is 2.24. The summed E-state index contributed by atoms with van der Waals surface area (Å²) in [6.07, 6.45) is 2.37. The molecule has 0 radical (unpaired) electrons. The summed E-state index contributed by atoms with van der Waals surface area (Å²) in [4.78, 5) is 15.0. The van der Waals surface area contributed by atoms with E-state index >= 15 is 0 Å². The number of likely N-dealkylation sites (N-methyl/N-ethyl adjacent to an activating group) is 1. The second-order valence-electron chi connectivity index (χ2n) is 4.65. The van der Waals surface area contributed by atoms with E-state index in [0.717, 1.165) is 17.4 Å². The molecule has 1 saturated heterocycles. The second-order valence-corrected chi connectivity index (χ2v) is 6.05. The Balaban J connectivity index is 1.95. The summed E-state index contributed by atoms with van der Waals surface area (Å²) < 4.78 is 0.930. The molecule has 0 aliphatic carbocycles. The lowest BCUT2D eigenvalue weighted by atomic mass is 10.2. The van der Waals surface area contributed by atoms with Gasteiger partial charge in [0.1, 0.15) is 0 Å². The fourth-order valence-corrected chi connectivity index (χ4v) is 3.09. The van der Waals surface area contributed by atoms with Crippen LogP contribution in [0.2, 0.25) is 0 Å². The average Bonchev–Trinajstić information content (AvgIpc) is 2.72. The van der Waals surface area contributed by atoms with E-state index in [-0.39, 0.29) is 5.91 Å². The van der Waals surface area contributed by atoms with Crippen LogP contribution in [0.25, 0.3) is 0 Å². The molecule has 0 saturated carbocycles. The maximum absolute atomic E-state index is 12.0. The van der Waals surface area contributed by atoms with Gasteiger partial charge in [-0.05, 0) is 44.6 Å². The Morgan fingerprint density at radius 2 is 2.39 bits per heavy atom. The molecule has 1 aromatic rings. The van der Waals surface area contributed by atoms with Crippen molar-refractivity contribution in [2.75, 3.05) is 20.1 Å². The van der Waals surface area contributed by atoms with Crippen molar-refractivity contribution >= 4 is 34.5 Å². The highest BCUT2D eigenvalue weighted by Crippen LogP contribution is 2.20. The van der Waals surface area contributed by atoms with Gasteiger partial charge in [-0.15, -0.1) is 12.6 Å². The predicted molar refractivity (Wildman–Crippen MR) is 79.4 cm³/mol. The van der Waals surface area contributed by atoms with E-state index in [1.807, 2.05) is 12.1 Å². The number of benzene rings is 1. The molecule has 3 nitrogen and oxygen atoms in total. The molecule has 18 heavy (non-hydrogen) atoms. The third kappa shape index (κ3) is 3.28. The first-order valence-electron chi connectivity index (χ1n) is 6.05. The standard InChI is InChI=1S/C13H17BrN2OS/c1-16-6-2-3-10(16)8-15-13(17)11-5-4-9(14)7-12(11)18/h4-5,7,10,18H,2-3,6,8H2,1H3,(H,15,17). The molecular weight excluding hydrogens is 312 g/mol. The zero-order valence-corrected chi connectivity index (χ0v) is 12.8. The zero-order valence-electron chi connectivity index (χ0n) is 10.3. The van der Waals surface area contributed by atoms with Crippen LogP contribution in [-0.2, 0) is 0 Å². The van der Waals surface area contributed by atoms with Crippen molar-refractivity contribution in [3.05, 3.63) is 28.2 Å². The Morgan fingerprint density at radius 1 is 1.61 bits per heavy atom. The van der Waals surface area contributed by atoms with E-state index in [1.54, 1.807) is 6.07 Å². The molecular formula is C13H17BrN2OS. The number of amides is 1. The Hall–Kier alpha value is -0.520. The molecule has 1 N–H and O–H groups in total. The molecule has 2 rings (SSSR count). The van der Waals surface area contributed by atoms with Crippen molar-refractivity contribution in [1.82, 2.24) is 10.2 Å². The maximum Gasteiger partial charge on any atom is 0.252 e. The molecule has 0 bridgehead atoms. The van der Waals surface area contributed by atoms with Gasteiger partial charge in [0.05, 0.1) is 5.56 Å². The first kappa shape index (κ1) is 13.9. The number of thiol groups is 1. The van der Waals surface area contributed by atoms with Gasteiger partial charge < -0.3 is 10.2 Å². The summed E-state index contributed by atoms with van der Waals surface area (Å²) in [6.45, 7) is 1.83. The molecule has 1 amide bonds. The molecule has 0 aromatic heterocycles. The van der Waals surface area contributed by atoms with Crippen LogP contribution in [0, 0.1) is 0 Å². The quantitative estimate of drug-likeness (QED) is 0.836. The number of rotatable bonds is 3. The smallest absolute Gasteiger partial charge is 0.252 e. The molecule has 1 heterocycles. The van der Waals surface area contributed by atoms with Crippen molar-refractivity contribution in [2.45, 2.75) is 23.8 Å². The van der Waals surface area contributed by atoms with Gasteiger partial charge in [0.15, 0.2) is 0 Å². The minimum absolute atomic E-state index is 0.0483. The van der Waals surface area contributed by atoms with Gasteiger partial charge in [0.2, 0.25) is 0 Å². The zero-order chi connectivity index (χ0) is 13.1. The highest BCUT2D eigenvalue weighted by Gasteiger charge is 2.21. The number of nitrogens with zero attached hydrogens (tertiary/aromatic N) is 1. The molecule has 1 aliphatic rings. The van der Waals surface area contributed by atoms with Crippen molar-refractivity contribution in [3.63, 3.8) is 0 Å². The molecule has 98 valence electrons. The number of hydrogen-bond donors (Lipinski definition) is 2. The van der Waals surface area contributed by atoms with Gasteiger partial charge in [-0.2, -0.15) is 0 Å². The van der Waals surface area contributed by atoms with Crippen molar-refractivity contribution in [1.29, 1.82) is 0 Å². The number of carbonyl (C=O) groups excluding carboxylic acids is 1. The molecule has 1 unspecified atom stereocenters. The summed E-state index contributed by atoms with van der Waals surface area (Å²) in [5, 5.41) is 2.99. The van der Waals surface area contributed by atoms with E-state index in [0.29, 0.717) is 23.0 Å². The van der Waals surface area contributed by atoms with Gasteiger partial charge >= 0.3 is 0 Å². The molecule has 1 fully saturated rings. The molecule has 0 spiro atoms. The van der Waals surface area contributed by atoms with E-state index < -0.39 is 0 Å². The van der Waals surface area contributed by atoms with Crippen LogP contribution in [-0.4, -0.2) is 37.0 Å². The van der Waals surface area contributed by atoms with E-state index in [1.165, 1.54) is 6.42 Å². The average molecular weight is 329 g/mol. The molecule has 5 heteroatoms. The summed E-state index contributed by atoms with van der Waals surface area (Å²) in [5.41, 5.74) is 0.627.